The third kappa shape index (κ3) is 3.89. The van der Waals surface area contributed by atoms with E-state index in [1.165, 1.54) is 4.90 Å². The van der Waals surface area contributed by atoms with Gasteiger partial charge in [-0.25, -0.2) is 0 Å². The van der Waals surface area contributed by atoms with E-state index in [1.807, 2.05) is 6.07 Å². The maximum atomic E-state index is 12.9. The van der Waals surface area contributed by atoms with Crippen LogP contribution in [0.25, 0.3) is 0 Å². The number of nitrogens with one attached hydrogen (secondary N) is 1. The molecular formula is C19H19N3O4. The highest BCUT2D eigenvalue weighted by atomic mass is 16.5. The Morgan fingerprint density at radius 2 is 1.73 bits per heavy atom. The topological polar surface area (TPSA) is 102 Å². The van der Waals surface area contributed by atoms with Crippen molar-refractivity contribution < 1.29 is 19.1 Å². The Balaban J connectivity index is 1.79. The standard InChI is InChI=1S/C19H19N3O4/c20-17(23)16-12-22(10-11-26-16)19(25)14-8-4-5-9-15(14)21-18(24)13-6-2-1-3-7-13/h1-9,16H,10-12H2,(H2,20,23)(H,21,24). The monoisotopic (exact) mass is 353 g/mol. The first-order valence-corrected chi connectivity index (χ1v) is 8.22. The Labute approximate surface area is 150 Å². The van der Waals surface area contributed by atoms with Crippen molar-refractivity contribution in [3.05, 3.63) is 65.7 Å². The van der Waals surface area contributed by atoms with Crippen LogP contribution in [0.15, 0.2) is 54.6 Å². The molecular weight excluding hydrogens is 334 g/mol. The molecule has 7 heteroatoms. The van der Waals surface area contributed by atoms with Crippen molar-refractivity contribution in [2.24, 2.45) is 5.73 Å². The van der Waals surface area contributed by atoms with E-state index < -0.39 is 12.0 Å². The number of para-hydroxylation sites is 1. The van der Waals surface area contributed by atoms with Gasteiger partial charge in [-0.15, -0.1) is 0 Å². The molecule has 1 aliphatic heterocycles. The number of ether oxygens (including phenoxy) is 1. The van der Waals surface area contributed by atoms with E-state index >= 15 is 0 Å². The van der Waals surface area contributed by atoms with Gasteiger partial charge in [0.15, 0.2) is 6.10 Å². The molecule has 0 spiro atoms. The number of morpholine rings is 1. The summed E-state index contributed by atoms with van der Waals surface area (Å²) >= 11 is 0. The summed E-state index contributed by atoms with van der Waals surface area (Å²) in [7, 11) is 0. The number of rotatable bonds is 4. The zero-order valence-corrected chi connectivity index (χ0v) is 14.1. The molecule has 2 aromatic carbocycles. The lowest BCUT2D eigenvalue weighted by molar-refractivity contribution is -0.133. The number of hydrogen-bond donors (Lipinski definition) is 2. The van der Waals surface area contributed by atoms with Crippen LogP contribution in [0.3, 0.4) is 0 Å². The van der Waals surface area contributed by atoms with Gasteiger partial charge in [-0.05, 0) is 24.3 Å². The summed E-state index contributed by atoms with van der Waals surface area (Å²) in [6, 6.07) is 15.5. The third-order valence-corrected chi connectivity index (χ3v) is 4.11. The molecule has 3 N–H and O–H groups in total. The lowest BCUT2D eigenvalue weighted by Gasteiger charge is -2.31. The molecule has 1 heterocycles. The second kappa shape index (κ2) is 7.79. The number of carbonyl (C=O) groups excluding carboxylic acids is 3. The number of amides is 3. The third-order valence-electron chi connectivity index (χ3n) is 4.11. The van der Waals surface area contributed by atoms with Gasteiger partial charge in [0.1, 0.15) is 0 Å². The van der Waals surface area contributed by atoms with Gasteiger partial charge in [-0.2, -0.15) is 0 Å². The number of benzene rings is 2. The first kappa shape index (κ1) is 17.6. The maximum Gasteiger partial charge on any atom is 0.256 e. The van der Waals surface area contributed by atoms with Crippen LogP contribution in [0.5, 0.6) is 0 Å². The SMILES string of the molecule is NC(=O)C1CN(C(=O)c2ccccc2NC(=O)c2ccccc2)CCO1. The first-order valence-electron chi connectivity index (χ1n) is 8.22. The van der Waals surface area contributed by atoms with Gasteiger partial charge in [-0.3, -0.25) is 14.4 Å². The van der Waals surface area contributed by atoms with Crippen LogP contribution in [0.1, 0.15) is 20.7 Å². The van der Waals surface area contributed by atoms with Crippen LogP contribution >= 0.6 is 0 Å². The van der Waals surface area contributed by atoms with Gasteiger partial charge in [0.05, 0.1) is 24.4 Å². The molecule has 1 saturated heterocycles. The maximum absolute atomic E-state index is 12.9. The Morgan fingerprint density at radius 1 is 1.04 bits per heavy atom. The second-order valence-corrected chi connectivity index (χ2v) is 5.88. The van der Waals surface area contributed by atoms with E-state index in [-0.39, 0.29) is 25.0 Å². The molecule has 0 radical (unpaired) electrons. The van der Waals surface area contributed by atoms with Gasteiger partial charge in [0, 0.05) is 12.1 Å². The first-order chi connectivity index (χ1) is 12.6. The Kier molecular flexibility index (Phi) is 5.28. The number of carbonyl (C=O) groups is 3. The molecule has 0 bridgehead atoms. The fourth-order valence-corrected chi connectivity index (χ4v) is 2.74. The molecule has 0 aliphatic carbocycles. The van der Waals surface area contributed by atoms with E-state index in [1.54, 1.807) is 48.5 Å². The number of anilines is 1. The van der Waals surface area contributed by atoms with E-state index in [0.717, 1.165) is 0 Å². The lowest BCUT2D eigenvalue weighted by Crippen LogP contribution is -2.50. The Hall–Kier alpha value is -3.19. The molecule has 1 aliphatic rings. The zero-order valence-electron chi connectivity index (χ0n) is 14.1. The van der Waals surface area contributed by atoms with Crippen molar-refractivity contribution in [3.63, 3.8) is 0 Å². The molecule has 1 atom stereocenters. The largest absolute Gasteiger partial charge is 0.367 e. The van der Waals surface area contributed by atoms with Crippen LogP contribution < -0.4 is 11.1 Å². The van der Waals surface area contributed by atoms with Crippen LogP contribution in [0, 0.1) is 0 Å². The van der Waals surface area contributed by atoms with E-state index in [9.17, 15) is 14.4 Å². The highest BCUT2D eigenvalue weighted by Gasteiger charge is 2.29. The fourth-order valence-electron chi connectivity index (χ4n) is 2.74. The van der Waals surface area contributed by atoms with Gasteiger partial charge in [0.2, 0.25) is 5.91 Å². The van der Waals surface area contributed by atoms with Crippen molar-refractivity contribution in [1.82, 2.24) is 4.90 Å². The highest BCUT2D eigenvalue weighted by molar-refractivity contribution is 6.09. The van der Waals surface area contributed by atoms with Gasteiger partial charge in [-0.1, -0.05) is 30.3 Å². The second-order valence-electron chi connectivity index (χ2n) is 5.88. The van der Waals surface area contributed by atoms with Crippen LogP contribution in [-0.4, -0.2) is 48.4 Å². The molecule has 1 unspecified atom stereocenters. The Morgan fingerprint density at radius 3 is 2.46 bits per heavy atom. The van der Waals surface area contributed by atoms with E-state index in [0.29, 0.717) is 23.4 Å². The summed E-state index contributed by atoms with van der Waals surface area (Å²) in [5, 5.41) is 2.77. The molecule has 3 rings (SSSR count). The molecule has 0 saturated carbocycles. The number of nitrogens with two attached hydrogens (primary N) is 1. The summed E-state index contributed by atoms with van der Waals surface area (Å²) < 4.78 is 5.27. The number of hydrogen-bond acceptors (Lipinski definition) is 4. The molecule has 3 amide bonds. The van der Waals surface area contributed by atoms with E-state index in [2.05, 4.69) is 5.32 Å². The molecule has 1 fully saturated rings. The van der Waals surface area contributed by atoms with Gasteiger partial charge >= 0.3 is 0 Å². The smallest absolute Gasteiger partial charge is 0.256 e. The minimum absolute atomic E-state index is 0.0924. The lowest BCUT2D eigenvalue weighted by atomic mass is 10.1. The van der Waals surface area contributed by atoms with Gasteiger partial charge in [0.25, 0.3) is 11.8 Å². The van der Waals surface area contributed by atoms with Crippen molar-refractivity contribution >= 4 is 23.4 Å². The quantitative estimate of drug-likeness (QED) is 0.864. The average molecular weight is 353 g/mol. The molecule has 0 aromatic heterocycles. The summed E-state index contributed by atoms with van der Waals surface area (Å²) in [5.41, 5.74) is 6.52. The zero-order chi connectivity index (χ0) is 18.5. The highest BCUT2D eigenvalue weighted by Crippen LogP contribution is 2.20. The molecule has 134 valence electrons. The average Bonchev–Trinajstić information content (AvgIpc) is 2.68. The van der Waals surface area contributed by atoms with Crippen molar-refractivity contribution in [2.45, 2.75) is 6.10 Å². The number of primary amides is 1. The predicted molar refractivity (Wildman–Crippen MR) is 95.7 cm³/mol. The van der Waals surface area contributed by atoms with Crippen LogP contribution in [0.2, 0.25) is 0 Å². The summed E-state index contributed by atoms with van der Waals surface area (Å²) in [5.74, 6) is -1.19. The summed E-state index contributed by atoms with van der Waals surface area (Å²) in [6.45, 7) is 0.677. The summed E-state index contributed by atoms with van der Waals surface area (Å²) in [4.78, 5) is 38.1. The van der Waals surface area contributed by atoms with Crippen LogP contribution in [-0.2, 0) is 9.53 Å². The predicted octanol–water partition coefficient (Wildman–Crippen LogP) is 1.27. The van der Waals surface area contributed by atoms with Crippen LogP contribution in [0.4, 0.5) is 5.69 Å². The minimum Gasteiger partial charge on any atom is -0.367 e. The molecule has 26 heavy (non-hydrogen) atoms. The summed E-state index contributed by atoms with van der Waals surface area (Å²) in [6.07, 6.45) is -0.821. The van der Waals surface area contributed by atoms with Gasteiger partial charge < -0.3 is 20.7 Å². The minimum atomic E-state index is -0.821. The Bertz CT molecular complexity index is 823. The molecule has 7 nitrogen and oxygen atoms in total. The molecule has 2 aromatic rings. The van der Waals surface area contributed by atoms with Crippen molar-refractivity contribution in [3.8, 4) is 0 Å². The normalized spacial score (nSPS) is 16.8. The number of nitrogens with zero attached hydrogens (tertiary/aromatic N) is 1. The van der Waals surface area contributed by atoms with E-state index in [4.69, 9.17) is 10.5 Å². The van der Waals surface area contributed by atoms with Crippen molar-refractivity contribution in [1.29, 1.82) is 0 Å². The fraction of sp³-hybridized carbons (Fsp3) is 0.211. The van der Waals surface area contributed by atoms with Crippen molar-refractivity contribution in [2.75, 3.05) is 25.0 Å².